The molecule has 2 aromatic heterocycles. The van der Waals surface area contributed by atoms with Crippen LogP contribution in [-0.2, 0) is 13.6 Å². The molecule has 0 spiro atoms. The van der Waals surface area contributed by atoms with Crippen LogP contribution in [0.1, 0.15) is 40.0 Å². The molecule has 0 saturated carbocycles. The standard InChI is InChI=1S/C25H27N5O/c1-16-11-18(13-26-3)9-10-20(16)25(31)28-17(2)22-12-24(19-14-27-30(4)15-19)29-23-8-6-5-7-21(22)23/h5-12,14-15,17,26H,13H2,1-4H3,(H,28,31)/t17-/m1/s1. The van der Waals surface area contributed by atoms with Crippen LogP contribution in [0.5, 0.6) is 0 Å². The third-order valence-electron chi connectivity index (χ3n) is 5.48. The Morgan fingerprint density at radius 1 is 1.16 bits per heavy atom. The Bertz CT molecular complexity index is 1240. The van der Waals surface area contributed by atoms with Gasteiger partial charge in [0.2, 0.25) is 0 Å². The predicted molar refractivity (Wildman–Crippen MR) is 124 cm³/mol. The second-order valence-electron chi connectivity index (χ2n) is 7.89. The van der Waals surface area contributed by atoms with Gasteiger partial charge in [-0.05, 0) is 55.8 Å². The van der Waals surface area contributed by atoms with Gasteiger partial charge in [0.1, 0.15) is 0 Å². The van der Waals surface area contributed by atoms with Crippen LogP contribution in [0.4, 0.5) is 0 Å². The first-order valence-electron chi connectivity index (χ1n) is 10.4. The summed E-state index contributed by atoms with van der Waals surface area (Å²) in [6.07, 6.45) is 3.75. The van der Waals surface area contributed by atoms with Gasteiger partial charge in [0.05, 0.1) is 23.4 Å². The Balaban J connectivity index is 1.67. The second kappa shape index (κ2) is 8.70. The van der Waals surface area contributed by atoms with Gasteiger partial charge >= 0.3 is 0 Å². The number of aryl methyl sites for hydroxylation is 2. The molecule has 6 heteroatoms. The van der Waals surface area contributed by atoms with Crippen LogP contribution in [0.2, 0.25) is 0 Å². The molecule has 1 atom stereocenters. The number of nitrogens with one attached hydrogen (secondary N) is 2. The van der Waals surface area contributed by atoms with Crippen LogP contribution in [0.3, 0.4) is 0 Å². The summed E-state index contributed by atoms with van der Waals surface area (Å²) < 4.78 is 1.76. The maximum Gasteiger partial charge on any atom is 0.252 e. The number of benzene rings is 2. The second-order valence-corrected chi connectivity index (χ2v) is 7.89. The van der Waals surface area contributed by atoms with Crippen molar-refractivity contribution in [2.75, 3.05) is 7.05 Å². The number of pyridine rings is 1. The molecule has 2 N–H and O–H groups in total. The fourth-order valence-electron chi connectivity index (χ4n) is 3.91. The topological polar surface area (TPSA) is 71.8 Å². The summed E-state index contributed by atoms with van der Waals surface area (Å²) in [5.74, 6) is -0.0789. The van der Waals surface area contributed by atoms with Crippen molar-refractivity contribution in [1.29, 1.82) is 0 Å². The molecule has 2 aromatic carbocycles. The maximum atomic E-state index is 13.1. The highest BCUT2D eigenvalue weighted by Gasteiger charge is 2.18. The molecule has 0 radical (unpaired) electrons. The number of hydrogen-bond acceptors (Lipinski definition) is 4. The van der Waals surface area contributed by atoms with E-state index < -0.39 is 0 Å². The third kappa shape index (κ3) is 4.34. The number of para-hydroxylation sites is 1. The van der Waals surface area contributed by atoms with Crippen LogP contribution in [0, 0.1) is 6.92 Å². The van der Waals surface area contributed by atoms with Gasteiger partial charge in [0.15, 0.2) is 0 Å². The van der Waals surface area contributed by atoms with Crippen LogP contribution >= 0.6 is 0 Å². The maximum absolute atomic E-state index is 13.1. The van der Waals surface area contributed by atoms with Gasteiger partial charge in [0, 0.05) is 36.3 Å². The van der Waals surface area contributed by atoms with E-state index >= 15 is 0 Å². The zero-order valence-electron chi connectivity index (χ0n) is 18.3. The van der Waals surface area contributed by atoms with E-state index in [1.807, 2.05) is 76.6 Å². The molecule has 0 bridgehead atoms. The predicted octanol–water partition coefficient (Wildman–Crippen LogP) is 4.15. The highest BCUT2D eigenvalue weighted by Crippen LogP contribution is 2.29. The van der Waals surface area contributed by atoms with Crippen LogP contribution < -0.4 is 10.6 Å². The van der Waals surface area contributed by atoms with Crippen LogP contribution in [0.25, 0.3) is 22.2 Å². The van der Waals surface area contributed by atoms with Crippen molar-refractivity contribution in [2.45, 2.75) is 26.4 Å². The highest BCUT2D eigenvalue weighted by molar-refractivity contribution is 5.96. The lowest BCUT2D eigenvalue weighted by atomic mass is 9.99. The minimum absolute atomic E-state index is 0.0789. The molecule has 0 aliphatic carbocycles. The SMILES string of the molecule is CNCc1ccc(C(=O)N[C@H](C)c2cc(-c3cnn(C)c3)nc3ccccc23)c(C)c1. The number of carbonyl (C=O) groups excluding carboxylic acids is 1. The molecule has 0 aliphatic rings. The Kier molecular flexibility index (Phi) is 5.82. The number of nitrogens with zero attached hydrogens (tertiary/aromatic N) is 3. The molecule has 1 amide bonds. The average molecular weight is 414 g/mol. The quantitative estimate of drug-likeness (QED) is 0.498. The Morgan fingerprint density at radius 2 is 1.97 bits per heavy atom. The van der Waals surface area contributed by atoms with Gasteiger partial charge < -0.3 is 10.6 Å². The van der Waals surface area contributed by atoms with E-state index in [-0.39, 0.29) is 11.9 Å². The van der Waals surface area contributed by atoms with E-state index in [0.29, 0.717) is 5.56 Å². The number of rotatable bonds is 6. The lowest BCUT2D eigenvalue weighted by Gasteiger charge is -2.18. The average Bonchev–Trinajstić information content (AvgIpc) is 3.19. The zero-order valence-corrected chi connectivity index (χ0v) is 18.3. The lowest BCUT2D eigenvalue weighted by Crippen LogP contribution is -2.27. The van der Waals surface area contributed by atoms with E-state index in [2.05, 4.69) is 21.8 Å². The van der Waals surface area contributed by atoms with Crippen LogP contribution in [-0.4, -0.2) is 27.7 Å². The van der Waals surface area contributed by atoms with Gasteiger partial charge in [-0.1, -0.05) is 30.3 Å². The van der Waals surface area contributed by atoms with Crippen molar-refractivity contribution in [3.8, 4) is 11.3 Å². The number of fused-ring (bicyclic) bond motifs is 1. The molecule has 31 heavy (non-hydrogen) atoms. The van der Waals surface area contributed by atoms with Gasteiger partial charge in [-0.25, -0.2) is 4.98 Å². The molecule has 6 nitrogen and oxygen atoms in total. The number of carbonyl (C=O) groups is 1. The smallest absolute Gasteiger partial charge is 0.252 e. The first kappa shape index (κ1) is 20.8. The summed E-state index contributed by atoms with van der Waals surface area (Å²) in [5, 5.41) is 11.6. The Hall–Kier alpha value is -3.51. The summed E-state index contributed by atoms with van der Waals surface area (Å²) in [4.78, 5) is 17.9. The Labute approximate surface area is 182 Å². The fraction of sp³-hybridized carbons (Fsp3) is 0.240. The largest absolute Gasteiger partial charge is 0.345 e. The third-order valence-corrected chi connectivity index (χ3v) is 5.48. The first-order chi connectivity index (χ1) is 15.0. The molecule has 0 aliphatic heterocycles. The van der Waals surface area contributed by atoms with E-state index in [9.17, 15) is 4.79 Å². The van der Waals surface area contributed by atoms with Gasteiger partial charge in [0.25, 0.3) is 5.91 Å². The lowest BCUT2D eigenvalue weighted by molar-refractivity contribution is 0.0939. The summed E-state index contributed by atoms with van der Waals surface area (Å²) in [6.45, 7) is 4.76. The van der Waals surface area contributed by atoms with Crippen molar-refractivity contribution in [2.24, 2.45) is 7.05 Å². The van der Waals surface area contributed by atoms with Crippen LogP contribution in [0.15, 0.2) is 60.9 Å². The van der Waals surface area contributed by atoms with Crippen molar-refractivity contribution in [3.05, 3.63) is 83.2 Å². The summed E-state index contributed by atoms with van der Waals surface area (Å²) in [6, 6.07) is 15.8. The van der Waals surface area contributed by atoms with E-state index in [1.54, 1.807) is 10.9 Å². The number of amides is 1. The highest BCUT2D eigenvalue weighted by atomic mass is 16.1. The molecule has 0 saturated heterocycles. The zero-order chi connectivity index (χ0) is 22.0. The van der Waals surface area contributed by atoms with E-state index in [1.165, 1.54) is 0 Å². The minimum atomic E-state index is -0.188. The van der Waals surface area contributed by atoms with Gasteiger partial charge in [-0.15, -0.1) is 0 Å². The van der Waals surface area contributed by atoms with Crippen molar-refractivity contribution in [3.63, 3.8) is 0 Å². The Morgan fingerprint density at radius 3 is 2.68 bits per heavy atom. The molecular formula is C25H27N5O. The van der Waals surface area contributed by atoms with E-state index in [0.717, 1.165) is 45.4 Å². The monoisotopic (exact) mass is 413 g/mol. The van der Waals surface area contributed by atoms with Crippen molar-refractivity contribution >= 4 is 16.8 Å². The molecular weight excluding hydrogens is 386 g/mol. The minimum Gasteiger partial charge on any atom is -0.345 e. The normalized spacial score (nSPS) is 12.1. The molecule has 0 unspecified atom stereocenters. The summed E-state index contributed by atoms with van der Waals surface area (Å²) >= 11 is 0. The summed E-state index contributed by atoms with van der Waals surface area (Å²) in [5.41, 5.74) is 6.53. The molecule has 4 aromatic rings. The first-order valence-corrected chi connectivity index (χ1v) is 10.4. The van der Waals surface area contributed by atoms with Crippen molar-refractivity contribution < 1.29 is 4.79 Å². The molecule has 4 rings (SSSR count). The van der Waals surface area contributed by atoms with E-state index in [4.69, 9.17) is 4.98 Å². The van der Waals surface area contributed by atoms with Crippen molar-refractivity contribution in [1.82, 2.24) is 25.4 Å². The molecule has 158 valence electrons. The van der Waals surface area contributed by atoms with Gasteiger partial charge in [-0.3, -0.25) is 9.48 Å². The molecule has 2 heterocycles. The fourth-order valence-corrected chi connectivity index (χ4v) is 3.91. The molecule has 0 fully saturated rings. The number of aromatic nitrogens is 3. The number of hydrogen-bond donors (Lipinski definition) is 2. The summed E-state index contributed by atoms with van der Waals surface area (Å²) in [7, 11) is 3.80. The van der Waals surface area contributed by atoms with Gasteiger partial charge in [-0.2, -0.15) is 5.10 Å².